The Morgan fingerprint density at radius 3 is 2.31 bits per heavy atom. The van der Waals surface area contributed by atoms with Crippen molar-refractivity contribution in [3.63, 3.8) is 0 Å². The molecule has 0 aromatic rings. The first-order chi connectivity index (χ1) is 6.34. The van der Waals surface area contributed by atoms with Gasteiger partial charge in [-0.3, -0.25) is 4.79 Å². The summed E-state index contributed by atoms with van der Waals surface area (Å²) < 4.78 is 0. The molecule has 3 nitrogen and oxygen atoms in total. The first-order valence-corrected chi connectivity index (χ1v) is 4.97. The lowest BCUT2D eigenvalue weighted by Crippen LogP contribution is -2.45. The highest BCUT2D eigenvalue weighted by molar-refractivity contribution is 5.87. The smallest absolute Gasteiger partial charge is 0.246 e. The van der Waals surface area contributed by atoms with Crippen molar-refractivity contribution in [1.29, 1.82) is 0 Å². The van der Waals surface area contributed by atoms with E-state index in [1.54, 1.807) is 12.2 Å². The quantitative estimate of drug-likeness (QED) is 0.617. The van der Waals surface area contributed by atoms with Crippen LogP contribution in [0.3, 0.4) is 0 Å². The molecule has 76 valence electrons. The molecule has 0 atom stereocenters. The summed E-state index contributed by atoms with van der Waals surface area (Å²) in [5, 5.41) is 3.19. The third-order valence-corrected chi connectivity index (χ3v) is 1.74. The Morgan fingerprint density at radius 1 is 1.31 bits per heavy atom. The predicted molar refractivity (Wildman–Crippen MR) is 55.6 cm³/mol. The summed E-state index contributed by atoms with van der Waals surface area (Å²) >= 11 is 0. The van der Waals surface area contributed by atoms with Crippen molar-refractivity contribution in [2.45, 2.75) is 20.8 Å². The first kappa shape index (κ1) is 12.2. The highest BCUT2D eigenvalue weighted by Crippen LogP contribution is 1.93. The van der Waals surface area contributed by atoms with Crippen LogP contribution in [0.15, 0.2) is 12.2 Å². The van der Waals surface area contributed by atoms with Gasteiger partial charge in [0.25, 0.3) is 0 Å². The molecule has 1 heterocycles. The van der Waals surface area contributed by atoms with Gasteiger partial charge in [0, 0.05) is 26.2 Å². The zero-order valence-electron chi connectivity index (χ0n) is 8.84. The molecule has 1 fully saturated rings. The van der Waals surface area contributed by atoms with Crippen LogP contribution >= 0.6 is 0 Å². The molecule has 0 aromatic heterocycles. The van der Waals surface area contributed by atoms with E-state index in [1.807, 2.05) is 25.7 Å². The zero-order valence-corrected chi connectivity index (χ0v) is 8.84. The second-order valence-electron chi connectivity index (χ2n) is 2.58. The number of hydrogen-bond acceptors (Lipinski definition) is 2. The Morgan fingerprint density at radius 2 is 1.85 bits per heavy atom. The number of carbonyl (C=O) groups is 1. The van der Waals surface area contributed by atoms with E-state index < -0.39 is 0 Å². The summed E-state index contributed by atoms with van der Waals surface area (Å²) in [6.07, 6.45) is 3.40. The van der Waals surface area contributed by atoms with Gasteiger partial charge in [0.15, 0.2) is 0 Å². The van der Waals surface area contributed by atoms with E-state index in [4.69, 9.17) is 0 Å². The molecule has 0 unspecified atom stereocenters. The van der Waals surface area contributed by atoms with Crippen molar-refractivity contribution >= 4 is 5.91 Å². The summed E-state index contributed by atoms with van der Waals surface area (Å²) in [7, 11) is 0. The molecule has 1 rings (SSSR count). The standard InChI is InChI=1S/C8H14N2O.C2H6/c1-2-3-8(11)10-6-4-9-5-7-10;1-2/h2-3,9H,4-7H2,1H3;1-2H3. The molecule has 0 saturated carbocycles. The van der Waals surface area contributed by atoms with E-state index in [0.717, 1.165) is 26.2 Å². The molecule has 1 amide bonds. The second-order valence-corrected chi connectivity index (χ2v) is 2.58. The third kappa shape index (κ3) is 4.68. The van der Waals surface area contributed by atoms with Crippen LogP contribution in [0.5, 0.6) is 0 Å². The Hall–Kier alpha value is -0.830. The Bertz CT molecular complexity index is 160. The highest BCUT2D eigenvalue weighted by atomic mass is 16.2. The van der Waals surface area contributed by atoms with Crippen LogP contribution in [-0.2, 0) is 4.79 Å². The van der Waals surface area contributed by atoms with Gasteiger partial charge in [0.05, 0.1) is 0 Å². The zero-order chi connectivity index (χ0) is 10.1. The van der Waals surface area contributed by atoms with E-state index in [-0.39, 0.29) is 5.91 Å². The van der Waals surface area contributed by atoms with E-state index in [0.29, 0.717) is 0 Å². The third-order valence-electron chi connectivity index (χ3n) is 1.74. The molecule has 0 aliphatic carbocycles. The number of piperazine rings is 1. The number of amides is 1. The van der Waals surface area contributed by atoms with Crippen LogP contribution in [0.4, 0.5) is 0 Å². The van der Waals surface area contributed by atoms with Crippen LogP contribution in [0.25, 0.3) is 0 Å². The fourth-order valence-electron chi connectivity index (χ4n) is 1.13. The van der Waals surface area contributed by atoms with Gasteiger partial charge in [-0.2, -0.15) is 0 Å². The van der Waals surface area contributed by atoms with Gasteiger partial charge >= 0.3 is 0 Å². The molecule has 3 heteroatoms. The molecule has 0 spiro atoms. The van der Waals surface area contributed by atoms with Crippen molar-refractivity contribution < 1.29 is 4.79 Å². The van der Waals surface area contributed by atoms with Crippen LogP contribution in [0.1, 0.15) is 20.8 Å². The molecule has 0 aromatic carbocycles. The maximum absolute atomic E-state index is 11.2. The van der Waals surface area contributed by atoms with Gasteiger partial charge in [-0.25, -0.2) is 0 Å². The number of carbonyl (C=O) groups excluding carboxylic acids is 1. The minimum absolute atomic E-state index is 0.133. The molecule has 1 aliphatic rings. The average molecular weight is 184 g/mol. The predicted octanol–water partition coefficient (Wildman–Crippen LogP) is 1.02. The lowest BCUT2D eigenvalue weighted by Gasteiger charge is -2.26. The highest BCUT2D eigenvalue weighted by Gasteiger charge is 2.12. The number of allylic oxidation sites excluding steroid dienone is 1. The summed E-state index contributed by atoms with van der Waals surface area (Å²) in [6.45, 7) is 9.37. The fraction of sp³-hybridized carbons (Fsp3) is 0.700. The summed E-state index contributed by atoms with van der Waals surface area (Å²) in [6, 6.07) is 0. The normalized spacial score (nSPS) is 16.7. The maximum Gasteiger partial charge on any atom is 0.246 e. The number of nitrogens with zero attached hydrogens (tertiary/aromatic N) is 1. The molecular weight excluding hydrogens is 164 g/mol. The van der Waals surface area contributed by atoms with Gasteiger partial charge in [0.2, 0.25) is 5.91 Å². The minimum Gasteiger partial charge on any atom is -0.337 e. The lowest BCUT2D eigenvalue weighted by molar-refractivity contribution is -0.126. The van der Waals surface area contributed by atoms with Gasteiger partial charge in [-0.1, -0.05) is 19.9 Å². The summed E-state index contributed by atoms with van der Waals surface area (Å²) in [5.74, 6) is 0.133. The lowest BCUT2D eigenvalue weighted by atomic mass is 10.3. The fourth-order valence-corrected chi connectivity index (χ4v) is 1.13. The molecule has 1 saturated heterocycles. The van der Waals surface area contributed by atoms with Crippen molar-refractivity contribution in [3.05, 3.63) is 12.2 Å². The topological polar surface area (TPSA) is 32.3 Å². The molecular formula is C10H20N2O. The summed E-state index contributed by atoms with van der Waals surface area (Å²) in [5.41, 5.74) is 0. The largest absolute Gasteiger partial charge is 0.337 e. The van der Waals surface area contributed by atoms with Crippen LogP contribution in [-0.4, -0.2) is 37.0 Å². The average Bonchev–Trinajstić information content (AvgIpc) is 2.23. The van der Waals surface area contributed by atoms with Gasteiger partial charge in [-0.15, -0.1) is 0 Å². The molecule has 0 radical (unpaired) electrons. The monoisotopic (exact) mass is 184 g/mol. The summed E-state index contributed by atoms with van der Waals surface area (Å²) in [4.78, 5) is 13.1. The van der Waals surface area contributed by atoms with Gasteiger partial charge in [0.1, 0.15) is 0 Å². The molecule has 1 N–H and O–H groups in total. The van der Waals surface area contributed by atoms with Crippen molar-refractivity contribution in [2.75, 3.05) is 26.2 Å². The van der Waals surface area contributed by atoms with E-state index in [2.05, 4.69) is 5.32 Å². The number of hydrogen-bond donors (Lipinski definition) is 1. The molecule has 1 aliphatic heterocycles. The number of nitrogens with one attached hydrogen (secondary N) is 1. The Labute approximate surface area is 80.8 Å². The van der Waals surface area contributed by atoms with Crippen LogP contribution in [0.2, 0.25) is 0 Å². The molecule has 0 bridgehead atoms. The van der Waals surface area contributed by atoms with Gasteiger partial charge < -0.3 is 10.2 Å². The van der Waals surface area contributed by atoms with Crippen LogP contribution < -0.4 is 5.32 Å². The second kappa shape index (κ2) is 7.80. The van der Waals surface area contributed by atoms with Gasteiger partial charge in [-0.05, 0) is 13.0 Å². The molecule has 13 heavy (non-hydrogen) atoms. The Kier molecular flexibility index (Phi) is 7.30. The van der Waals surface area contributed by atoms with E-state index in [1.165, 1.54) is 0 Å². The maximum atomic E-state index is 11.2. The SMILES string of the molecule is CC.CC=CC(=O)N1CCNCC1. The first-order valence-electron chi connectivity index (χ1n) is 4.97. The van der Waals surface area contributed by atoms with Crippen molar-refractivity contribution in [3.8, 4) is 0 Å². The van der Waals surface area contributed by atoms with Crippen LogP contribution in [0, 0.1) is 0 Å². The van der Waals surface area contributed by atoms with Crippen molar-refractivity contribution in [2.24, 2.45) is 0 Å². The van der Waals surface area contributed by atoms with E-state index in [9.17, 15) is 4.79 Å². The van der Waals surface area contributed by atoms with E-state index >= 15 is 0 Å². The minimum atomic E-state index is 0.133. The number of rotatable bonds is 1. The van der Waals surface area contributed by atoms with Crippen molar-refractivity contribution in [1.82, 2.24) is 10.2 Å². The Balaban J connectivity index is 0.000000671.